The smallest absolute Gasteiger partial charge is 0.242 e. The van der Waals surface area contributed by atoms with Crippen molar-refractivity contribution in [3.8, 4) is 0 Å². The monoisotopic (exact) mass is 664 g/mol. The van der Waals surface area contributed by atoms with E-state index in [2.05, 4.69) is 26.4 Å². The molecule has 0 bridgehead atoms. The second kappa shape index (κ2) is 20.4. The molecule has 1 heterocycles. The molecule has 0 aliphatic carbocycles. The molecule has 0 aliphatic heterocycles. The van der Waals surface area contributed by atoms with Gasteiger partial charge in [0.1, 0.15) is 12.1 Å². The lowest BCUT2D eigenvalue weighted by molar-refractivity contribution is -0.134. The number of rotatable bonds is 21. The van der Waals surface area contributed by atoms with Crippen molar-refractivity contribution in [2.45, 2.75) is 126 Å². The number of nitrogens with one attached hydrogen (secondary N) is 4. The molecule has 0 saturated carbocycles. The number of aliphatic hydroxyl groups excluding tert-OH is 1. The molecule has 0 unspecified atom stereocenters. The third kappa shape index (κ3) is 14.8. The Labute approximate surface area is 282 Å². The number of hydrogen-bond donors (Lipinski definition) is 5. The Morgan fingerprint density at radius 1 is 0.830 bits per heavy atom. The topological polar surface area (TPSA) is 164 Å². The molecule has 12 heteroatoms. The van der Waals surface area contributed by atoms with Crippen molar-refractivity contribution in [1.29, 1.82) is 0 Å². The van der Waals surface area contributed by atoms with Crippen LogP contribution in [-0.2, 0) is 30.5 Å². The molecule has 5 N–H and O–H groups in total. The van der Waals surface area contributed by atoms with Gasteiger partial charge >= 0.3 is 0 Å². The van der Waals surface area contributed by atoms with Crippen molar-refractivity contribution in [2.24, 2.45) is 35.5 Å². The van der Waals surface area contributed by atoms with E-state index in [0.717, 1.165) is 11.4 Å². The van der Waals surface area contributed by atoms with Crippen LogP contribution in [0.4, 0.5) is 0 Å². The highest BCUT2D eigenvalue weighted by atomic mass is 16.5. The van der Waals surface area contributed by atoms with Crippen molar-refractivity contribution in [2.75, 3.05) is 20.3 Å². The van der Waals surface area contributed by atoms with Gasteiger partial charge in [-0.1, -0.05) is 62.3 Å². The van der Waals surface area contributed by atoms with Crippen LogP contribution in [0.3, 0.4) is 0 Å². The molecule has 0 radical (unpaired) electrons. The van der Waals surface area contributed by atoms with Gasteiger partial charge in [-0.25, -0.2) is 0 Å². The summed E-state index contributed by atoms with van der Waals surface area (Å²) < 4.78 is 7.06. The van der Waals surface area contributed by atoms with E-state index in [0.29, 0.717) is 19.5 Å². The van der Waals surface area contributed by atoms with Crippen LogP contribution >= 0.6 is 0 Å². The fraction of sp³-hybridized carbons (Fsp3) is 0.800. The van der Waals surface area contributed by atoms with Crippen molar-refractivity contribution in [1.82, 2.24) is 31.0 Å². The zero-order chi connectivity index (χ0) is 36.0. The van der Waals surface area contributed by atoms with E-state index >= 15 is 0 Å². The Kier molecular flexibility index (Phi) is 18.2. The number of hydrogen-bond acceptors (Lipinski definition) is 7. The standard InChI is InChI=1S/C35H64N6O6/c1-20(2)15-29(30(42)16-24(9)32(43)39-31(23(7)8)35(46)36-18-21(3)4)38-34(45)28(13-14-47-12)37-33(44)27(22(5)6)19-41-26(11)17-25(10)40-41/h17,20-24,27-31,42H,13-16,18-19H2,1-12H3,(H,36,46)(H,37,44)(H,38,45)(H,39,43)/t24-,27+,28+,29+,30+,31+/m1/s1. The van der Waals surface area contributed by atoms with Gasteiger partial charge in [0, 0.05) is 31.9 Å². The van der Waals surface area contributed by atoms with Crippen molar-refractivity contribution in [3.05, 3.63) is 17.5 Å². The molecule has 1 rings (SSSR count). The minimum absolute atomic E-state index is 0.00948. The largest absolute Gasteiger partial charge is 0.391 e. The number of aryl methyl sites for hydroxylation is 2. The van der Waals surface area contributed by atoms with Gasteiger partial charge in [0.15, 0.2) is 0 Å². The SMILES string of the molecule is COCC[C@H](NC(=O)[C@@H](Cn1nc(C)cc1C)C(C)C)C(=O)N[C@@H](CC(C)C)[C@@H](O)C[C@@H](C)C(=O)N[C@H](C(=O)NCC(C)C)C(C)C. The van der Waals surface area contributed by atoms with Crippen LogP contribution in [0.15, 0.2) is 6.07 Å². The van der Waals surface area contributed by atoms with E-state index < -0.39 is 42.0 Å². The summed E-state index contributed by atoms with van der Waals surface area (Å²) in [7, 11) is 1.53. The van der Waals surface area contributed by atoms with Crippen LogP contribution in [0.2, 0.25) is 0 Å². The first-order valence-corrected chi connectivity index (χ1v) is 17.2. The van der Waals surface area contributed by atoms with Gasteiger partial charge in [-0.15, -0.1) is 0 Å². The molecule has 1 aromatic rings. The predicted molar refractivity (Wildman–Crippen MR) is 184 cm³/mol. The van der Waals surface area contributed by atoms with Gasteiger partial charge in [-0.05, 0) is 62.8 Å². The molecule has 0 saturated heterocycles. The molecule has 6 atom stereocenters. The fourth-order valence-electron chi connectivity index (χ4n) is 5.41. The van der Waals surface area contributed by atoms with Gasteiger partial charge in [-0.3, -0.25) is 23.9 Å². The lowest BCUT2D eigenvalue weighted by Gasteiger charge is -2.30. The molecule has 0 fully saturated rings. The molecule has 1 aromatic heterocycles. The molecule has 0 aromatic carbocycles. The van der Waals surface area contributed by atoms with Gasteiger partial charge in [0.25, 0.3) is 0 Å². The average molecular weight is 665 g/mol. The zero-order valence-electron chi connectivity index (χ0n) is 31.0. The molecule has 4 amide bonds. The third-order valence-corrected chi connectivity index (χ3v) is 8.35. The number of ether oxygens (including phenoxy) is 1. The predicted octanol–water partition coefficient (Wildman–Crippen LogP) is 3.12. The highest BCUT2D eigenvalue weighted by Gasteiger charge is 2.33. The third-order valence-electron chi connectivity index (χ3n) is 8.35. The maximum absolute atomic E-state index is 13.7. The van der Waals surface area contributed by atoms with Crippen molar-refractivity contribution in [3.63, 3.8) is 0 Å². The average Bonchev–Trinajstić information content (AvgIpc) is 3.29. The van der Waals surface area contributed by atoms with Crippen LogP contribution in [0.25, 0.3) is 0 Å². The van der Waals surface area contributed by atoms with E-state index in [-0.39, 0.29) is 60.8 Å². The Morgan fingerprint density at radius 3 is 1.96 bits per heavy atom. The fourth-order valence-corrected chi connectivity index (χ4v) is 5.41. The van der Waals surface area contributed by atoms with Gasteiger partial charge in [-0.2, -0.15) is 5.10 Å². The zero-order valence-corrected chi connectivity index (χ0v) is 31.0. The highest BCUT2D eigenvalue weighted by molar-refractivity contribution is 5.89. The summed E-state index contributed by atoms with van der Waals surface area (Å²) in [5.74, 6) is -2.04. The van der Waals surface area contributed by atoms with Gasteiger partial charge < -0.3 is 31.1 Å². The molecule has 47 heavy (non-hydrogen) atoms. The van der Waals surface area contributed by atoms with Crippen LogP contribution in [0, 0.1) is 49.4 Å². The number of methoxy groups -OCH3 is 1. The molecule has 0 aliphatic rings. The molecule has 270 valence electrons. The summed E-state index contributed by atoms with van der Waals surface area (Å²) in [6.07, 6.45) is -0.250. The van der Waals surface area contributed by atoms with Crippen molar-refractivity contribution < 1.29 is 29.0 Å². The van der Waals surface area contributed by atoms with Crippen LogP contribution in [0.1, 0.15) is 93.0 Å². The van der Waals surface area contributed by atoms with Gasteiger partial charge in [0.05, 0.1) is 30.3 Å². The molecular formula is C35H64N6O6. The number of amides is 4. The maximum atomic E-state index is 13.7. The lowest BCUT2D eigenvalue weighted by atomic mass is 9.91. The van der Waals surface area contributed by atoms with E-state index in [1.54, 1.807) is 6.92 Å². The lowest BCUT2D eigenvalue weighted by Crippen LogP contribution is -2.55. The Morgan fingerprint density at radius 2 is 1.47 bits per heavy atom. The summed E-state index contributed by atoms with van der Waals surface area (Å²) in [6, 6.07) is -0.288. The minimum atomic E-state index is -1.04. The summed E-state index contributed by atoms with van der Waals surface area (Å²) in [6.45, 7) is 22.3. The van der Waals surface area contributed by atoms with E-state index in [1.807, 2.05) is 80.0 Å². The van der Waals surface area contributed by atoms with E-state index in [9.17, 15) is 24.3 Å². The first kappa shape index (κ1) is 42.0. The Hall–Kier alpha value is -2.99. The molecule has 0 spiro atoms. The minimum Gasteiger partial charge on any atom is -0.391 e. The summed E-state index contributed by atoms with van der Waals surface area (Å²) >= 11 is 0. The van der Waals surface area contributed by atoms with Gasteiger partial charge in [0.2, 0.25) is 23.6 Å². The first-order valence-electron chi connectivity index (χ1n) is 17.2. The number of carbonyl (C=O) groups excluding carboxylic acids is 4. The van der Waals surface area contributed by atoms with Crippen LogP contribution in [-0.4, -0.2) is 83.0 Å². The van der Waals surface area contributed by atoms with E-state index in [4.69, 9.17) is 4.74 Å². The first-order chi connectivity index (χ1) is 21.9. The second-order valence-electron chi connectivity index (χ2n) is 14.6. The number of aliphatic hydroxyl groups is 1. The number of nitrogens with zero attached hydrogens (tertiary/aromatic N) is 2. The Bertz CT molecular complexity index is 1130. The molecule has 12 nitrogen and oxygen atoms in total. The quantitative estimate of drug-likeness (QED) is 0.135. The van der Waals surface area contributed by atoms with Crippen LogP contribution < -0.4 is 21.3 Å². The highest BCUT2D eigenvalue weighted by Crippen LogP contribution is 2.19. The van der Waals surface area contributed by atoms with Crippen LogP contribution in [0.5, 0.6) is 0 Å². The molecular weight excluding hydrogens is 600 g/mol. The second-order valence-corrected chi connectivity index (χ2v) is 14.6. The number of carbonyl (C=O) groups is 4. The van der Waals surface area contributed by atoms with Crippen molar-refractivity contribution >= 4 is 23.6 Å². The normalized spacial score (nSPS) is 15.7. The summed E-state index contributed by atoms with van der Waals surface area (Å²) in [4.78, 5) is 53.2. The summed E-state index contributed by atoms with van der Waals surface area (Å²) in [5.41, 5.74) is 1.83. The maximum Gasteiger partial charge on any atom is 0.242 e. The Balaban J connectivity index is 3.04. The van der Waals surface area contributed by atoms with E-state index in [1.165, 1.54) is 7.11 Å². The number of aromatic nitrogens is 2. The summed E-state index contributed by atoms with van der Waals surface area (Å²) in [5, 5.41) is 27.5.